The van der Waals surface area contributed by atoms with Gasteiger partial charge in [-0.1, -0.05) is 35.0 Å². The van der Waals surface area contributed by atoms with E-state index in [4.69, 9.17) is 23.2 Å². The molecule has 3 rings (SSSR count). The number of ether oxygens (including phenoxy) is 1. The van der Waals surface area contributed by atoms with Crippen LogP contribution in [0, 0.1) is 0 Å². The Kier molecular flexibility index (Phi) is 8.91. The number of esters is 1. The van der Waals surface area contributed by atoms with E-state index in [9.17, 15) is 14.4 Å². The molecule has 2 N–H and O–H groups in total. The van der Waals surface area contributed by atoms with Crippen LogP contribution in [0.5, 0.6) is 0 Å². The van der Waals surface area contributed by atoms with E-state index in [-0.39, 0.29) is 24.1 Å². The van der Waals surface area contributed by atoms with Crippen LogP contribution < -0.4 is 10.6 Å². The maximum Gasteiger partial charge on any atom is 0.337 e. The van der Waals surface area contributed by atoms with E-state index in [2.05, 4.69) is 25.6 Å². The number of hydrogen-bond acceptors (Lipinski definition) is 7. The summed E-state index contributed by atoms with van der Waals surface area (Å²) in [6, 6.07) is 11.0. The maximum atomic E-state index is 12.4. The summed E-state index contributed by atoms with van der Waals surface area (Å²) in [6.07, 6.45) is 0. The van der Waals surface area contributed by atoms with Crippen LogP contribution in [0.25, 0.3) is 0 Å². The van der Waals surface area contributed by atoms with Crippen LogP contribution in [0.3, 0.4) is 0 Å². The van der Waals surface area contributed by atoms with Crippen molar-refractivity contribution in [1.29, 1.82) is 0 Å². The van der Waals surface area contributed by atoms with Crippen molar-refractivity contribution in [3.63, 3.8) is 0 Å². The molecular formula is C22H21Cl2N5O4S. The second kappa shape index (κ2) is 11.9. The van der Waals surface area contributed by atoms with Gasteiger partial charge < -0.3 is 19.9 Å². The molecule has 0 saturated carbocycles. The van der Waals surface area contributed by atoms with Gasteiger partial charge in [-0.05, 0) is 49.4 Å². The summed E-state index contributed by atoms with van der Waals surface area (Å²) in [7, 11) is 1.30. The Morgan fingerprint density at radius 3 is 2.38 bits per heavy atom. The molecule has 2 aromatic carbocycles. The van der Waals surface area contributed by atoms with Crippen molar-refractivity contribution in [2.45, 2.75) is 25.2 Å². The van der Waals surface area contributed by atoms with Crippen molar-refractivity contribution in [1.82, 2.24) is 20.1 Å². The molecular weight excluding hydrogens is 501 g/mol. The van der Waals surface area contributed by atoms with Crippen LogP contribution in [-0.4, -0.2) is 45.4 Å². The van der Waals surface area contributed by atoms with Gasteiger partial charge in [0.1, 0.15) is 0 Å². The van der Waals surface area contributed by atoms with Gasteiger partial charge in [-0.2, -0.15) is 0 Å². The number of carbonyl (C=O) groups excluding carboxylic acids is 3. The minimum atomic E-state index is -0.448. The van der Waals surface area contributed by atoms with E-state index < -0.39 is 5.97 Å². The van der Waals surface area contributed by atoms with E-state index in [0.29, 0.717) is 44.4 Å². The zero-order chi connectivity index (χ0) is 24.7. The number of methoxy groups -OCH3 is 1. The van der Waals surface area contributed by atoms with Gasteiger partial charge in [-0.25, -0.2) is 4.79 Å². The van der Waals surface area contributed by atoms with E-state index >= 15 is 0 Å². The van der Waals surface area contributed by atoms with Crippen molar-refractivity contribution >= 4 is 58.4 Å². The number of thioether (sulfide) groups is 1. The molecule has 0 spiro atoms. The van der Waals surface area contributed by atoms with Gasteiger partial charge >= 0.3 is 5.97 Å². The first kappa shape index (κ1) is 25.5. The van der Waals surface area contributed by atoms with E-state index in [0.717, 1.165) is 0 Å². The maximum absolute atomic E-state index is 12.4. The summed E-state index contributed by atoms with van der Waals surface area (Å²) < 4.78 is 6.47. The van der Waals surface area contributed by atoms with Crippen LogP contribution in [0.2, 0.25) is 10.0 Å². The molecule has 0 bridgehead atoms. The lowest BCUT2D eigenvalue weighted by atomic mass is 10.2. The molecule has 0 aliphatic carbocycles. The lowest BCUT2D eigenvalue weighted by Crippen LogP contribution is -2.24. The molecule has 1 aromatic heterocycles. The Hall–Kier alpha value is -3.08. The zero-order valence-electron chi connectivity index (χ0n) is 18.3. The first-order valence-electron chi connectivity index (χ1n) is 10.1. The fourth-order valence-corrected chi connectivity index (χ4v) is 4.03. The van der Waals surface area contributed by atoms with Crippen molar-refractivity contribution in [3.05, 3.63) is 69.5 Å². The van der Waals surface area contributed by atoms with E-state index in [1.807, 2.05) is 11.5 Å². The molecule has 178 valence electrons. The molecule has 9 nitrogen and oxygen atoms in total. The predicted octanol–water partition coefficient (Wildman–Crippen LogP) is 4.05. The molecule has 34 heavy (non-hydrogen) atoms. The highest BCUT2D eigenvalue weighted by molar-refractivity contribution is 7.99. The quantitative estimate of drug-likeness (QED) is 0.322. The fourth-order valence-electron chi connectivity index (χ4n) is 2.91. The van der Waals surface area contributed by atoms with Gasteiger partial charge in [0.15, 0.2) is 11.0 Å². The highest BCUT2D eigenvalue weighted by atomic mass is 35.5. The Morgan fingerprint density at radius 1 is 1.03 bits per heavy atom. The number of nitrogens with zero attached hydrogens (tertiary/aromatic N) is 3. The van der Waals surface area contributed by atoms with Crippen LogP contribution in [0.15, 0.2) is 47.6 Å². The van der Waals surface area contributed by atoms with Crippen LogP contribution in [0.4, 0.5) is 5.69 Å². The monoisotopic (exact) mass is 521 g/mol. The molecule has 12 heteroatoms. The number of benzene rings is 2. The number of nitrogens with one attached hydrogen (secondary N) is 2. The number of anilines is 1. The second-order valence-electron chi connectivity index (χ2n) is 6.86. The second-order valence-corrected chi connectivity index (χ2v) is 8.62. The number of halogens is 2. The van der Waals surface area contributed by atoms with Gasteiger partial charge in [0.05, 0.1) is 35.0 Å². The Labute approximate surface area is 210 Å². The lowest BCUT2D eigenvalue weighted by Gasteiger charge is -2.09. The van der Waals surface area contributed by atoms with E-state index in [1.165, 1.54) is 24.9 Å². The van der Waals surface area contributed by atoms with E-state index in [1.54, 1.807) is 36.4 Å². The number of aromatic nitrogens is 3. The SMILES string of the molecule is CCn1c(CNC(=O)c2ccc(Cl)c(Cl)c2)nnc1SCC(=O)Nc1ccc(C(=O)OC)cc1. The van der Waals surface area contributed by atoms with Gasteiger partial charge in [0.25, 0.3) is 5.91 Å². The van der Waals surface area contributed by atoms with Gasteiger partial charge in [-0.15, -0.1) is 10.2 Å². The molecule has 2 amide bonds. The third-order valence-electron chi connectivity index (χ3n) is 4.62. The molecule has 1 heterocycles. The summed E-state index contributed by atoms with van der Waals surface area (Å²) in [5.74, 6) is -0.354. The molecule has 0 saturated heterocycles. The average molecular weight is 522 g/mol. The number of rotatable bonds is 9. The first-order chi connectivity index (χ1) is 16.3. The summed E-state index contributed by atoms with van der Waals surface area (Å²) in [4.78, 5) is 36.2. The molecule has 0 atom stereocenters. The third-order valence-corrected chi connectivity index (χ3v) is 6.33. The molecule has 0 fully saturated rings. The standard InChI is InChI=1S/C22H21Cl2N5O4S/c1-3-29-18(11-25-20(31)14-6-9-16(23)17(24)10-14)27-28-22(29)34-12-19(30)26-15-7-4-13(5-8-15)21(32)33-2/h4-10H,3,11-12H2,1-2H3,(H,25,31)(H,26,30). The van der Waals surface area contributed by atoms with Crippen molar-refractivity contribution in [2.24, 2.45) is 0 Å². The highest BCUT2D eigenvalue weighted by Crippen LogP contribution is 2.23. The first-order valence-corrected chi connectivity index (χ1v) is 11.8. The Morgan fingerprint density at radius 2 is 1.74 bits per heavy atom. The van der Waals surface area contributed by atoms with Crippen molar-refractivity contribution in [3.8, 4) is 0 Å². The molecule has 0 aliphatic heterocycles. The Balaban J connectivity index is 1.55. The topological polar surface area (TPSA) is 115 Å². The summed E-state index contributed by atoms with van der Waals surface area (Å²) in [5.41, 5.74) is 1.33. The number of amides is 2. The Bertz CT molecular complexity index is 1200. The lowest BCUT2D eigenvalue weighted by molar-refractivity contribution is -0.113. The van der Waals surface area contributed by atoms with Crippen molar-refractivity contribution < 1.29 is 19.1 Å². The minimum absolute atomic E-state index is 0.104. The van der Waals surface area contributed by atoms with Gasteiger partial charge in [0.2, 0.25) is 5.91 Å². The largest absolute Gasteiger partial charge is 0.465 e. The van der Waals surface area contributed by atoms with Crippen LogP contribution >= 0.6 is 35.0 Å². The third kappa shape index (κ3) is 6.49. The number of hydrogen-bond donors (Lipinski definition) is 2. The van der Waals surface area contributed by atoms with Gasteiger partial charge in [0, 0.05) is 17.8 Å². The summed E-state index contributed by atoms with van der Waals surface area (Å²) >= 11 is 13.1. The number of carbonyl (C=O) groups is 3. The van der Waals surface area contributed by atoms with Crippen LogP contribution in [-0.2, 0) is 22.6 Å². The average Bonchev–Trinajstić information content (AvgIpc) is 3.24. The van der Waals surface area contributed by atoms with Crippen molar-refractivity contribution in [2.75, 3.05) is 18.2 Å². The molecule has 0 unspecified atom stereocenters. The summed E-state index contributed by atoms with van der Waals surface area (Å²) in [5, 5.41) is 15.0. The highest BCUT2D eigenvalue weighted by Gasteiger charge is 2.15. The fraction of sp³-hybridized carbons (Fsp3) is 0.227. The molecule has 0 radical (unpaired) electrons. The molecule has 0 aliphatic rings. The summed E-state index contributed by atoms with van der Waals surface area (Å²) in [6.45, 7) is 2.63. The zero-order valence-corrected chi connectivity index (χ0v) is 20.6. The van der Waals surface area contributed by atoms with Gasteiger partial charge in [-0.3, -0.25) is 9.59 Å². The normalized spacial score (nSPS) is 10.6. The predicted molar refractivity (Wildman–Crippen MR) is 130 cm³/mol. The molecule has 3 aromatic rings. The van der Waals surface area contributed by atoms with Crippen LogP contribution in [0.1, 0.15) is 33.5 Å². The smallest absolute Gasteiger partial charge is 0.337 e. The minimum Gasteiger partial charge on any atom is -0.465 e.